The fraction of sp³-hybridized carbons (Fsp3) is 0.923. The molecule has 0 spiro atoms. The van der Waals surface area contributed by atoms with E-state index in [4.69, 9.17) is 10.5 Å². The van der Waals surface area contributed by atoms with Gasteiger partial charge in [0.25, 0.3) is 0 Å². The molecule has 0 aromatic carbocycles. The van der Waals surface area contributed by atoms with Gasteiger partial charge in [-0.15, -0.1) is 0 Å². The van der Waals surface area contributed by atoms with E-state index in [2.05, 4.69) is 20.8 Å². The second-order valence-corrected chi connectivity index (χ2v) is 5.56. The van der Waals surface area contributed by atoms with Gasteiger partial charge in [-0.2, -0.15) is 0 Å². The number of likely N-dealkylation sites (tertiary alicyclic amines) is 1. The third-order valence-corrected chi connectivity index (χ3v) is 3.55. The summed E-state index contributed by atoms with van der Waals surface area (Å²) in [5.74, 6) is 1.05. The minimum atomic E-state index is -0.360. The second kappa shape index (κ2) is 6.36. The minimum absolute atomic E-state index is 0.0765. The van der Waals surface area contributed by atoms with Gasteiger partial charge in [-0.3, -0.25) is 4.79 Å². The van der Waals surface area contributed by atoms with E-state index in [0.29, 0.717) is 18.4 Å². The smallest absolute Gasteiger partial charge is 0.239 e. The molecule has 17 heavy (non-hydrogen) atoms. The monoisotopic (exact) mass is 242 g/mol. The largest absolute Gasteiger partial charge is 0.379 e. The first kappa shape index (κ1) is 14.5. The number of hydrogen-bond acceptors (Lipinski definition) is 3. The van der Waals surface area contributed by atoms with Crippen LogP contribution in [-0.4, -0.2) is 43.2 Å². The van der Waals surface area contributed by atoms with Crippen molar-refractivity contribution in [3.8, 4) is 0 Å². The Morgan fingerprint density at radius 3 is 2.71 bits per heavy atom. The lowest BCUT2D eigenvalue weighted by Gasteiger charge is -2.37. The predicted octanol–water partition coefficient (Wildman–Crippen LogP) is 1.24. The SMILES string of the molecule is COC1CN(C(=O)[C@H](N)CC(C)C)CCC1C. The van der Waals surface area contributed by atoms with Crippen LogP contribution in [0.15, 0.2) is 0 Å². The molecule has 1 aliphatic rings. The number of carbonyl (C=O) groups is 1. The summed E-state index contributed by atoms with van der Waals surface area (Å²) in [5, 5.41) is 0. The molecule has 0 aliphatic carbocycles. The molecule has 2 unspecified atom stereocenters. The van der Waals surface area contributed by atoms with Crippen LogP contribution in [0.4, 0.5) is 0 Å². The fourth-order valence-corrected chi connectivity index (χ4v) is 2.38. The van der Waals surface area contributed by atoms with Gasteiger partial charge in [0.15, 0.2) is 0 Å². The number of hydrogen-bond donors (Lipinski definition) is 1. The molecule has 0 saturated carbocycles. The maximum atomic E-state index is 12.1. The molecule has 1 heterocycles. The molecule has 1 aliphatic heterocycles. The van der Waals surface area contributed by atoms with Crippen LogP contribution in [0, 0.1) is 11.8 Å². The molecule has 4 heteroatoms. The van der Waals surface area contributed by atoms with Crippen LogP contribution < -0.4 is 5.73 Å². The highest BCUT2D eigenvalue weighted by Gasteiger charge is 2.30. The fourth-order valence-electron chi connectivity index (χ4n) is 2.38. The van der Waals surface area contributed by atoms with Gasteiger partial charge < -0.3 is 15.4 Å². The van der Waals surface area contributed by atoms with Crippen molar-refractivity contribution in [2.45, 2.75) is 45.8 Å². The molecule has 0 aromatic rings. The zero-order valence-corrected chi connectivity index (χ0v) is 11.5. The summed E-state index contributed by atoms with van der Waals surface area (Å²) in [4.78, 5) is 14.0. The van der Waals surface area contributed by atoms with Gasteiger partial charge >= 0.3 is 0 Å². The molecular formula is C13H26N2O2. The second-order valence-electron chi connectivity index (χ2n) is 5.56. The van der Waals surface area contributed by atoms with E-state index in [0.717, 1.165) is 19.4 Å². The first-order valence-corrected chi connectivity index (χ1v) is 6.52. The number of methoxy groups -OCH3 is 1. The lowest BCUT2D eigenvalue weighted by atomic mass is 9.94. The maximum Gasteiger partial charge on any atom is 0.239 e. The number of carbonyl (C=O) groups excluding carboxylic acids is 1. The molecule has 4 nitrogen and oxygen atoms in total. The average molecular weight is 242 g/mol. The molecule has 1 amide bonds. The van der Waals surface area contributed by atoms with Crippen molar-refractivity contribution >= 4 is 5.91 Å². The van der Waals surface area contributed by atoms with Crippen molar-refractivity contribution in [3.05, 3.63) is 0 Å². The van der Waals surface area contributed by atoms with Gasteiger partial charge in [0.2, 0.25) is 5.91 Å². The topological polar surface area (TPSA) is 55.6 Å². The lowest BCUT2D eigenvalue weighted by Crippen LogP contribution is -2.52. The summed E-state index contributed by atoms with van der Waals surface area (Å²) in [5.41, 5.74) is 5.94. The Morgan fingerprint density at radius 2 is 2.18 bits per heavy atom. The third-order valence-electron chi connectivity index (χ3n) is 3.55. The normalized spacial score (nSPS) is 27.3. The third kappa shape index (κ3) is 3.96. The van der Waals surface area contributed by atoms with Crippen molar-refractivity contribution in [1.82, 2.24) is 4.90 Å². The van der Waals surface area contributed by atoms with E-state index in [9.17, 15) is 4.79 Å². The van der Waals surface area contributed by atoms with Gasteiger partial charge in [0, 0.05) is 20.2 Å². The molecule has 0 bridgehead atoms. The summed E-state index contributed by atoms with van der Waals surface area (Å²) in [7, 11) is 1.71. The molecule has 3 atom stereocenters. The maximum absolute atomic E-state index is 12.1. The number of amides is 1. The summed E-state index contributed by atoms with van der Waals surface area (Å²) >= 11 is 0. The van der Waals surface area contributed by atoms with E-state index in [1.807, 2.05) is 4.90 Å². The Morgan fingerprint density at radius 1 is 1.53 bits per heavy atom. The van der Waals surface area contributed by atoms with E-state index in [1.165, 1.54) is 0 Å². The average Bonchev–Trinajstić information content (AvgIpc) is 2.27. The molecule has 100 valence electrons. The van der Waals surface area contributed by atoms with Crippen LogP contribution in [0.25, 0.3) is 0 Å². The van der Waals surface area contributed by atoms with Crippen LogP contribution in [0.5, 0.6) is 0 Å². The Labute approximate surface area is 104 Å². The van der Waals surface area contributed by atoms with E-state index < -0.39 is 0 Å². The van der Waals surface area contributed by atoms with Crippen molar-refractivity contribution in [3.63, 3.8) is 0 Å². The number of nitrogens with two attached hydrogens (primary N) is 1. The van der Waals surface area contributed by atoms with Crippen LogP contribution in [0.1, 0.15) is 33.6 Å². The Kier molecular flexibility index (Phi) is 5.40. The zero-order valence-electron chi connectivity index (χ0n) is 11.5. The van der Waals surface area contributed by atoms with Crippen molar-refractivity contribution in [2.75, 3.05) is 20.2 Å². The van der Waals surface area contributed by atoms with Gasteiger partial charge in [0.05, 0.1) is 12.1 Å². The highest BCUT2D eigenvalue weighted by molar-refractivity contribution is 5.81. The predicted molar refractivity (Wildman–Crippen MR) is 68.6 cm³/mol. The summed E-state index contributed by atoms with van der Waals surface area (Å²) < 4.78 is 5.41. The molecule has 2 N–H and O–H groups in total. The summed E-state index contributed by atoms with van der Waals surface area (Å²) in [6.45, 7) is 7.84. The molecule has 1 fully saturated rings. The zero-order chi connectivity index (χ0) is 13.0. The Hall–Kier alpha value is -0.610. The highest BCUT2D eigenvalue weighted by atomic mass is 16.5. The van der Waals surface area contributed by atoms with Crippen LogP contribution in [0.2, 0.25) is 0 Å². The molecular weight excluding hydrogens is 216 g/mol. The molecule has 0 radical (unpaired) electrons. The van der Waals surface area contributed by atoms with Gasteiger partial charge in [-0.05, 0) is 24.7 Å². The Bertz CT molecular complexity index is 256. The summed E-state index contributed by atoms with van der Waals surface area (Å²) in [6.07, 6.45) is 1.90. The van der Waals surface area contributed by atoms with Crippen molar-refractivity contribution in [2.24, 2.45) is 17.6 Å². The van der Waals surface area contributed by atoms with Gasteiger partial charge in [-0.25, -0.2) is 0 Å². The molecule has 1 rings (SSSR count). The molecule has 1 saturated heterocycles. The van der Waals surface area contributed by atoms with Gasteiger partial charge in [-0.1, -0.05) is 20.8 Å². The quantitative estimate of drug-likeness (QED) is 0.807. The van der Waals surface area contributed by atoms with Crippen molar-refractivity contribution < 1.29 is 9.53 Å². The number of piperidine rings is 1. The summed E-state index contributed by atoms with van der Waals surface area (Å²) in [6, 6.07) is -0.360. The Balaban J connectivity index is 2.52. The highest BCUT2D eigenvalue weighted by Crippen LogP contribution is 2.20. The first-order chi connectivity index (χ1) is 7.95. The number of nitrogens with zero attached hydrogens (tertiary/aromatic N) is 1. The van der Waals surface area contributed by atoms with Gasteiger partial charge in [0.1, 0.15) is 0 Å². The standard InChI is InChI=1S/C13H26N2O2/c1-9(2)7-11(14)13(16)15-6-5-10(3)12(8-15)17-4/h9-12H,5-8,14H2,1-4H3/t10?,11-,12?/m1/s1. The van der Waals surface area contributed by atoms with Crippen LogP contribution in [-0.2, 0) is 9.53 Å². The number of rotatable bonds is 4. The van der Waals surface area contributed by atoms with Crippen molar-refractivity contribution in [1.29, 1.82) is 0 Å². The minimum Gasteiger partial charge on any atom is -0.379 e. The van der Waals surface area contributed by atoms with Crippen LogP contribution in [0.3, 0.4) is 0 Å². The first-order valence-electron chi connectivity index (χ1n) is 6.52. The number of ether oxygens (including phenoxy) is 1. The van der Waals surface area contributed by atoms with E-state index >= 15 is 0 Å². The van der Waals surface area contributed by atoms with Crippen LogP contribution >= 0.6 is 0 Å². The van der Waals surface area contributed by atoms with E-state index in [1.54, 1.807) is 7.11 Å². The molecule has 0 aromatic heterocycles. The van der Waals surface area contributed by atoms with E-state index in [-0.39, 0.29) is 18.1 Å². The lowest BCUT2D eigenvalue weighted by molar-refractivity contribution is -0.138.